The van der Waals surface area contributed by atoms with Gasteiger partial charge in [0.15, 0.2) is 5.65 Å². The lowest BCUT2D eigenvalue weighted by Gasteiger charge is -2.21. The van der Waals surface area contributed by atoms with Crippen LogP contribution < -0.4 is 0 Å². The normalized spacial score (nSPS) is 25.9. The van der Waals surface area contributed by atoms with Crippen molar-refractivity contribution in [1.29, 1.82) is 0 Å². The lowest BCUT2D eigenvalue weighted by molar-refractivity contribution is 0.192. The maximum Gasteiger partial charge on any atom is 0.160 e. The molecule has 0 spiro atoms. The number of ether oxygens (including phenoxy) is 1. The fourth-order valence-corrected chi connectivity index (χ4v) is 3.94. The molecule has 4 heterocycles. The molecular formula is C18H26N4O. The van der Waals surface area contributed by atoms with Gasteiger partial charge in [-0.1, -0.05) is 0 Å². The van der Waals surface area contributed by atoms with Crippen LogP contribution in [0.1, 0.15) is 38.4 Å². The van der Waals surface area contributed by atoms with Crippen LogP contribution in [-0.2, 0) is 11.3 Å². The summed E-state index contributed by atoms with van der Waals surface area (Å²) in [6.07, 6.45) is 4.22. The first kappa shape index (κ1) is 15.1. The molecule has 2 aromatic rings. The van der Waals surface area contributed by atoms with E-state index >= 15 is 0 Å². The van der Waals surface area contributed by atoms with Gasteiger partial charge in [-0.2, -0.15) is 0 Å². The van der Waals surface area contributed by atoms with Crippen LogP contribution in [0, 0.1) is 5.92 Å². The Kier molecular flexibility index (Phi) is 4.07. The van der Waals surface area contributed by atoms with Crippen LogP contribution in [0.2, 0.25) is 0 Å². The first-order valence-corrected chi connectivity index (χ1v) is 8.85. The minimum Gasteiger partial charge on any atom is -0.381 e. The summed E-state index contributed by atoms with van der Waals surface area (Å²) in [5.41, 5.74) is 2.06. The summed E-state index contributed by atoms with van der Waals surface area (Å²) >= 11 is 0. The van der Waals surface area contributed by atoms with Crippen LogP contribution in [0.25, 0.3) is 11.2 Å². The van der Waals surface area contributed by atoms with Gasteiger partial charge in [-0.05, 0) is 51.3 Å². The molecule has 2 atom stereocenters. The Morgan fingerprint density at radius 2 is 2.26 bits per heavy atom. The molecule has 2 saturated heterocycles. The predicted molar refractivity (Wildman–Crippen MR) is 90.5 cm³/mol. The third kappa shape index (κ3) is 2.88. The molecule has 5 heteroatoms. The Balaban J connectivity index is 1.63. The first-order chi connectivity index (χ1) is 11.2. The Bertz CT molecular complexity index is 675. The van der Waals surface area contributed by atoms with Gasteiger partial charge >= 0.3 is 0 Å². The molecule has 0 amide bonds. The van der Waals surface area contributed by atoms with E-state index in [0.717, 1.165) is 37.3 Å². The molecule has 2 aromatic heterocycles. The Morgan fingerprint density at radius 3 is 3.00 bits per heavy atom. The smallest absolute Gasteiger partial charge is 0.160 e. The molecule has 2 fully saturated rings. The third-order valence-electron chi connectivity index (χ3n) is 5.32. The van der Waals surface area contributed by atoms with E-state index in [2.05, 4.69) is 34.4 Å². The van der Waals surface area contributed by atoms with Gasteiger partial charge in [0, 0.05) is 37.9 Å². The highest BCUT2D eigenvalue weighted by atomic mass is 16.5. The largest absolute Gasteiger partial charge is 0.381 e. The number of aromatic nitrogens is 3. The minimum absolute atomic E-state index is 0.423. The van der Waals surface area contributed by atoms with Crippen molar-refractivity contribution in [2.45, 2.75) is 45.2 Å². The standard InChI is InChI=1S/C18H26N4O/c1-13(2)21-8-5-14(10-21)11-22-17(15-6-9-23-12-15)20-16-4-3-7-19-18(16)22/h3-4,7,13-15H,5-6,8-12H2,1-2H3. The zero-order chi connectivity index (χ0) is 15.8. The zero-order valence-electron chi connectivity index (χ0n) is 14.1. The first-order valence-electron chi connectivity index (χ1n) is 8.85. The number of hydrogen-bond donors (Lipinski definition) is 0. The molecule has 0 N–H and O–H groups in total. The molecule has 23 heavy (non-hydrogen) atoms. The number of hydrogen-bond acceptors (Lipinski definition) is 4. The maximum atomic E-state index is 5.60. The molecule has 0 bridgehead atoms. The molecule has 2 unspecified atom stereocenters. The molecule has 0 radical (unpaired) electrons. The van der Waals surface area contributed by atoms with Gasteiger partial charge in [-0.25, -0.2) is 9.97 Å². The number of imidazole rings is 1. The number of pyridine rings is 1. The average Bonchev–Trinajstić information content (AvgIpc) is 3.27. The van der Waals surface area contributed by atoms with Crippen molar-refractivity contribution in [1.82, 2.24) is 19.4 Å². The van der Waals surface area contributed by atoms with Crippen LogP contribution in [0.15, 0.2) is 18.3 Å². The average molecular weight is 314 g/mol. The highest BCUT2D eigenvalue weighted by molar-refractivity contribution is 5.71. The van der Waals surface area contributed by atoms with Gasteiger partial charge in [-0.3, -0.25) is 0 Å². The molecule has 0 aromatic carbocycles. The zero-order valence-corrected chi connectivity index (χ0v) is 14.1. The van der Waals surface area contributed by atoms with E-state index in [1.807, 2.05) is 12.3 Å². The second-order valence-electron chi connectivity index (χ2n) is 7.23. The number of nitrogens with zero attached hydrogens (tertiary/aromatic N) is 4. The second-order valence-corrected chi connectivity index (χ2v) is 7.23. The summed E-state index contributed by atoms with van der Waals surface area (Å²) in [6.45, 7) is 9.66. The lowest BCUT2D eigenvalue weighted by atomic mass is 10.1. The van der Waals surface area contributed by atoms with Crippen molar-refractivity contribution in [2.24, 2.45) is 5.92 Å². The van der Waals surface area contributed by atoms with Crippen LogP contribution in [0.4, 0.5) is 0 Å². The lowest BCUT2D eigenvalue weighted by Crippen LogP contribution is -2.29. The number of likely N-dealkylation sites (tertiary alicyclic amines) is 1. The highest BCUT2D eigenvalue weighted by Crippen LogP contribution is 2.29. The van der Waals surface area contributed by atoms with Crippen molar-refractivity contribution >= 4 is 11.2 Å². The second kappa shape index (κ2) is 6.21. The van der Waals surface area contributed by atoms with Crippen LogP contribution in [0.3, 0.4) is 0 Å². The van der Waals surface area contributed by atoms with Gasteiger partial charge in [-0.15, -0.1) is 0 Å². The van der Waals surface area contributed by atoms with Crippen LogP contribution in [-0.4, -0.2) is 51.8 Å². The van der Waals surface area contributed by atoms with E-state index in [9.17, 15) is 0 Å². The molecular weight excluding hydrogens is 288 g/mol. The van der Waals surface area contributed by atoms with Crippen molar-refractivity contribution in [2.75, 3.05) is 26.3 Å². The molecule has 5 nitrogen and oxygen atoms in total. The Morgan fingerprint density at radius 1 is 1.35 bits per heavy atom. The summed E-state index contributed by atoms with van der Waals surface area (Å²) < 4.78 is 7.98. The number of fused-ring (bicyclic) bond motifs is 1. The Hall–Kier alpha value is -1.46. The highest BCUT2D eigenvalue weighted by Gasteiger charge is 2.29. The molecule has 2 aliphatic rings. The van der Waals surface area contributed by atoms with Crippen molar-refractivity contribution in [3.05, 3.63) is 24.2 Å². The van der Waals surface area contributed by atoms with Gasteiger partial charge < -0.3 is 14.2 Å². The van der Waals surface area contributed by atoms with Crippen LogP contribution >= 0.6 is 0 Å². The van der Waals surface area contributed by atoms with E-state index in [1.165, 1.54) is 25.3 Å². The Labute approximate surface area is 137 Å². The quantitative estimate of drug-likeness (QED) is 0.870. The maximum absolute atomic E-state index is 5.60. The molecule has 0 saturated carbocycles. The third-order valence-corrected chi connectivity index (χ3v) is 5.32. The van der Waals surface area contributed by atoms with Crippen molar-refractivity contribution in [3.8, 4) is 0 Å². The topological polar surface area (TPSA) is 43.2 Å². The SMILES string of the molecule is CC(C)N1CCC(Cn2c(C3CCOC3)nc3cccnc32)C1. The van der Waals surface area contributed by atoms with E-state index in [-0.39, 0.29) is 0 Å². The summed E-state index contributed by atoms with van der Waals surface area (Å²) in [7, 11) is 0. The molecule has 4 rings (SSSR count). The van der Waals surface area contributed by atoms with Gasteiger partial charge in [0.05, 0.1) is 6.61 Å². The molecule has 0 aliphatic carbocycles. The van der Waals surface area contributed by atoms with Crippen LogP contribution in [0.5, 0.6) is 0 Å². The molecule has 2 aliphatic heterocycles. The molecule has 124 valence electrons. The van der Waals surface area contributed by atoms with E-state index in [4.69, 9.17) is 9.72 Å². The monoisotopic (exact) mass is 314 g/mol. The minimum atomic E-state index is 0.423. The van der Waals surface area contributed by atoms with E-state index in [0.29, 0.717) is 17.9 Å². The summed E-state index contributed by atoms with van der Waals surface area (Å²) in [6, 6.07) is 4.69. The van der Waals surface area contributed by atoms with Gasteiger partial charge in [0.2, 0.25) is 0 Å². The number of rotatable bonds is 4. The van der Waals surface area contributed by atoms with E-state index < -0.39 is 0 Å². The van der Waals surface area contributed by atoms with Gasteiger partial charge in [0.1, 0.15) is 11.3 Å². The van der Waals surface area contributed by atoms with E-state index in [1.54, 1.807) is 0 Å². The summed E-state index contributed by atoms with van der Waals surface area (Å²) in [4.78, 5) is 12.1. The summed E-state index contributed by atoms with van der Waals surface area (Å²) in [5, 5.41) is 0. The fourth-order valence-electron chi connectivity index (χ4n) is 3.94. The predicted octanol–water partition coefficient (Wildman–Crippen LogP) is 2.67. The fraction of sp³-hybridized carbons (Fsp3) is 0.667. The van der Waals surface area contributed by atoms with Crippen molar-refractivity contribution in [3.63, 3.8) is 0 Å². The van der Waals surface area contributed by atoms with Gasteiger partial charge in [0.25, 0.3) is 0 Å². The summed E-state index contributed by atoms with van der Waals surface area (Å²) in [5.74, 6) is 2.30. The van der Waals surface area contributed by atoms with Crippen molar-refractivity contribution < 1.29 is 4.74 Å².